The number of pyridine rings is 1. The highest BCUT2D eigenvalue weighted by Gasteiger charge is 2.28. The first-order valence-corrected chi connectivity index (χ1v) is 6.23. The molecule has 0 spiro atoms. The first-order chi connectivity index (χ1) is 8.58. The van der Waals surface area contributed by atoms with Gasteiger partial charge in [-0.15, -0.1) is 0 Å². The van der Waals surface area contributed by atoms with E-state index in [-0.39, 0.29) is 17.6 Å². The number of aliphatic hydroxyl groups is 1. The second-order valence-electron chi connectivity index (χ2n) is 4.53. The highest BCUT2D eigenvalue weighted by Crippen LogP contribution is 2.14. The molecule has 0 aliphatic carbocycles. The molecule has 18 heavy (non-hydrogen) atoms. The summed E-state index contributed by atoms with van der Waals surface area (Å²) in [6, 6.07) is 3.05. The van der Waals surface area contributed by atoms with Crippen LogP contribution in [0.5, 0.6) is 0 Å². The van der Waals surface area contributed by atoms with Crippen molar-refractivity contribution in [1.29, 1.82) is 0 Å². The van der Waals surface area contributed by atoms with E-state index in [4.69, 9.17) is 11.6 Å². The van der Waals surface area contributed by atoms with Gasteiger partial charge in [0.2, 0.25) is 0 Å². The smallest absolute Gasteiger partial charge is 0.271 e. The molecule has 1 fully saturated rings. The Balaban J connectivity index is 2.02. The highest BCUT2D eigenvalue weighted by atomic mass is 35.5. The number of halogens is 1. The number of likely N-dealkylation sites (N-methyl/N-ethyl adjacent to an activating group) is 1. The number of carbonyl (C=O) groups is 1. The molecule has 0 saturated carbocycles. The van der Waals surface area contributed by atoms with Crippen molar-refractivity contribution in [2.24, 2.45) is 0 Å². The second-order valence-corrected chi connectivity index (χ2v) is 4.94. The van der Waals surface area contributed by atoms with Crippen molar-refractivity contribution in [3.05, 3.63) is 29.0 Å². The Bertz CT molecular complexity index is 441. The minimum Gasteiger partial charge on any atom is -0.390 e. The predicted octanol–water partition coefficient (Wildman–Crippen LogP) is 0.530. The maximum absolute atomic E-state index is 12.0. The normalized spacial score (nSPS) is 24.8. The molecule has 1 amide bonds. The molecule has 98 valence electrons. The van der Waals surface area contributed by atoms with Crippen molar-refractivity contribution in [2.45, 2.75) is 18.6 Å². The number of aromatic nitrogens is 1. The van der Waals surface area contributed by atoms with Gasteiger partial charge in [0, 0.05) is 12.7 Å². The largest absolute Gasteiger partial charge is 0.390 e. The molecule has 0 aromatic carbocycles. The van der Waals surface area contributed by atoms with Crippen LogP contribution in [0.3, 0.4) is 0 Å². The molecular weight excluding hydrogens is 254 g/mol. The van der Waals surface area contributed by atoms with E-state index in [9.17, 15) is 9.90 Å². The van der Waals surface area contributed by atoms with Crippen molar-refractivity contribution in [2.75, 3.05) is 20.1 Å². The number of nitrogens with one attached hydrogen (secondary N) is 1. The van der Waals surface area contributed by atoms with Crippen molar-refractivity contribution in [3.8, 4) is 0 Å². The summed E-state index contributed by atoms with van der Waals surface area (Å²) in [5, 5.41) is 13.0. The lowest BCUT2D eigenvalue weighted by atomic mass is 10.0. The first kappa shape index (κ1) is 13.3. The number of carbonyl (C=O) groups excluding carboxylic acids is 1. The van der Waals surface area contributed by atoms with Crippen molar-refractivity contribution < 1.29 is 9.90 Å². The average Bonchev–Trinajstić information content (AvgIpc) is 2.33. The van der Waals surface area contributed by atoms with Gasteiger partial charge >= 0.3 is 0 Å². The summed E-state index contributed by atoms with van der Waals surface area (Å²) in [6.45, 7) is 1.40. The Kier molecular flexibility index (Phi) is 4.16. The Morgan fingerprint density at radius 1 is 1.67 bits per heavy atom. The molecule has 6 heteroatoms. The van der Waals surface area contributed by atoms with Crippen molar-refractivity contribution >= 4 is 17.5 Å². The first-order valence-electron chi connectivity index (χ1n) is 5.86. The van der Waals surface area contributed by atoms with E-state index in [1.54, 1.807) is 12.1 Å². The maximum Gasteiger partial charge on any atom is 0.271 e. The Hall–Kier alpha value is -1.17. The monoisotopic (exact) mass is 269 g/mol. The van der Waals surface area contributed by atoms with Gasteiger partial charge in [-0.05, 0) is 32.1 Å². The number of hydrogen-bond donors (Lipinski definition) is 2. The third-order valence-corrected chi connectivity index (χ3v) is 3.38. The van der Waals surface area contributed by atoms with Gasteiger partial charge in [-0.1, -0.05) is 11.6 Å². The quantitative estimate of drug-likeness (QED) is 0.822. The molecule has 5 nitrogen and oxygen atoms in total. The molecule has 2 N–H and O–H groups in total. The number of likely N-dealkylation sites (tertiary alicyclic amines) is 1. The molecular formula is C12H16ClN3O2. The maximum atomic E-state index is 12.0. The van der Waals surface area contributed by atoms with Crippen LogP contribution in [0, 0.1) is 0 Å². The summed E-state index contributed by atoms with van der Waals surface area (Å²) in [5.74, 6) is -0.339. The van der Waals surface area contributed by atoms with E-state index < -0.39 is 6.10 Å². The zero-order valence-electron chi connectivity index (χ0n) is 10.1. The van der Waals surface area contributed by atoms with E-state index in [2.05, 4.69) is 10.3 Å². The summed E-state index contributed by atoms with van der Waals surface area (Å²) in [7, 11) is 1.94. The third kappa shape index (κ3) is 2.98. The summed E-state index contributed by atoms with van der Waals surface area (Å²) >= 11 is 5.90. The lowest BCUT2D eigenvalue weighted by molar-refractivity contribution is 0.0471. The topological polar surface area (TPSA) is 65.5 Å². The van der Waals surface area contributed by atoms with Gasteiger partial charge in [-0.25, -0.2) is 4.98 Å². The molecule has 2 heterocycles. The van der Waals surface area contributed by atoms with Crippen LogP contribution in [0.25, 0.3) is 0 Å². The fourth-order valence-corrected chi connectivity index (χ4v) is 2.25. The van der Waals surface area contributed by atoms with E-state index in [0.717, 1.165) is 6.54 Å². The molecule has 2 rings (SSSR count). The highest BCUT2D eigenvalue weighted by molar-refractivity contribution is 6.33. The molecule has 0 bridgehead atoms. The van der Waals surface area contributed by atoms with E-state index >= 15 is 0 Å². The zero-order valence-corrected chi connectivity index (χ0v) is 10.9. The van der Waals surface area contributed by atoms with Crippen LogP contribution in [-0.4, -0.2) is 53.2 Å². The van der Waals surface area contributed by atoms with Gasteiger partial charge in [-0.2, -0.15) is 0 Å². The molecule has 1 saturated heterocycles. The Morgan fingerprint density at radius 3 is 3.11 bits per heavy atom. The minimum absolute atomic E-state index is 0.199. The predicted molar refractivity (Wildman–Crippen MR) is 68.6 cm³/mol. The zero-order chi connectivity index (χ0) is 13.1. The van der Waals surface area contributed by atoms with Crippen LogP contribution in [0.15, 0.2) is 18.3 Å². The molecule has 1 aromatic rings. The van der Waals surface area contributed by atoms with Gasteiger partial charge in [0.05, 0.1) is 17.2 Å². The van der Waals surface area contributed by atoms with E-state index in [0.29, 0.717) is 18.0 Å². The number of aliphatic hydroxyl groups excluding tert-OH is 1. The number of hydrogen-bond acceptors (Lipinski definition) is 4. The van der Waals surface area contributed by atoms with Crippen LogP contribution in [-0.2, 0) is 0 Å². The summed E-state index contributed by atoms with van der Waals surface area (Å²) in [4.78, 5) is 18.0. The van der Waals surface area contributed by atoms with Crippen LogP contribution < -0.4 is 5.32 Å². The lowest BCUT2D eigenvalue weighted by Crippen LogP contribution is -2.53. The standard InChI is InChI=1S/C12H16ClN3O2/c1-16-6-4-9(10(17)7-16)15-12(18)11-8(13)3-2-5-14-11/h2-3,5,9-10,17H,4,6-7H2,1H3,(H,15,18). The molecule has 0 radical (unpaired) electrons. The van der Waals surface area contributed by atoms with Crippen molar-refractivity contribution in [3.63, 3.8) is 0 Å². The summed E-state index contributed by atoms with van der Waals surface area (Å²) in [6.07, 6.45) is 1.68. The summed E-state index contributed by atoms with van der Waals surface area (Å²) in [5.41, 5.74) is 0.199. The Labute approximate surface area is 111 Å². The number of β-amino-alcohol motifs (C(OH)–C–C–N with tert-alkyl or cyclic N) is 1. The molecule has 2 unspecified atom stereocenters. The summed E-state index contributed by atoms with van der Waals surface area (Å²) < 4.78 is 0. The van der Waals surface area contributed by atoms with Crippen molar-refractivity contribution in [1.82, 2.24) is 15.2 Å². The van der Waals surface area contributed by atoms with Crippen LogP contribution >= 0.6 is 11.6 Å². The lowest BCUT2D eigenvalue weighted by Gasteiger charge is -2.33. The molecule has 1 aliphatic heterocycles. The van der Waals surface area contributed by atoms with Gasteiger partial charge in [0.15, 0.2) is 0 Å². The molecule has 2 atom stereocenters. The molecule has 1 aliphatic rings. The van der Waals surface area contributed by atoms with Crippen LogP contribution in [0.1, 0.15) is 16.9 Å². The number of piperidine rings is 1. The second kappa shape index (κ2) is 5.65. The number of rotatable bonds is 2. The van der Waals surface area contributed by atoms with E-state index in [1.165, 1.54) is 6.20 Å². The van der Waals surface area contributed by atoms with Gasteiger partial charge < -0.3 is 15.3 Å². The van der Waals surface area contributed by atoms with Crippen LogP contribution in [0.4, 0.5) is 0 Å². The third-order valence-electron chi connectivity index (χ3n) is 3.08. The fourth-order valence-electron chi connectivity index (χ4n) is 2.05. The van der Waals surface area contributed by atoms with Gasteiger partial charge in [0.25, 0.3) is 5.91 Å². The van der Waals surface area contributed by atoms with Gasteiger partial charge in [-0.3, -0.25) is 4.79 Å². The Morgan fingerprint density at radius 2 is 2.44 bits per heavy atom. The number of nitrogens with zero attached hydrogens (tertiary/aromatic N) is 2. The minimum atomic E-state index is -0.560. The fraction of sp³-hybridized carbons (Fsp3) is 0.500. The average molecular weight is 270 g/mol. The van der Waals surface area contributed by atoms with E-state index in [1.807, 2.05) is 11.9 Å². The van der Waals surface area contributed by atoms with Crippen LogP contribution in [0.2, 0.25) is 5.02 Å². The number of amides is 1. The van der Waals surface area contributed by atoms with Gasteiger partial charge in [0.1, 0.15) is 5.69 Å². The molecule has 1 aromatic heterocycles. The SMILES string of the molecule is CN1CCC(NC(=O)c2ncccc2Cl)C(O)C1.